The van der Waals surface area contributed by atoms with Gasteiger partial charge in [0.05, 0.1) is 10.6 Å². The van der Waals surface area contributed by atoms with Crippen LogP contribution in [0.15, 0.2) is 54.9 Å². The van der Waals surface area contributed by atoms with Gasteiger partial charge >= 0.3 is 5.69 Å². The van der Waals surface area contributed by atoms with Crippen molar-refractivity contribution in [3.8, 4) is 11.3 Å². The van der Waals surface area contributed by atoms with Crippen LogP contribution >= 0.6 is 30.3 Å². The lowest BCUT2D eigenvalue weighted by atomic mass is 10.1. The molecule has 5 rings (SSSR count). The van der Waals surface area contributed by atoms with E-state index in [2.05, 4.69) is 36.5 Å². The maximum absolute atomic E-state index is 14.1. The highest BCUT2D eigenvalue weighted by Crippen LogP contribution is 2.36. The van der Waals surface area contributed by atoms with E-state index in [-0.39, 0.29) is 17.5 Å². The molecule has 0 amide bonds. The number of nitro groups is 1. The highest BCUT2D eigenvalue weighted by molar-refractivity contribution is 14.2. The lowest BCUT2D eigenvalue weighted by Crippen LogP contribution is -2.01. The molecule has 0 aliphatic rings. The van der Waals surface area contributed by atoms with E-state index in [9.17, 15) is 18.9 Å². The molecule has 0 saturated heterocycles. The van der Waals surface area contributed by atoms with Crippen LogP contribution in [0.5, 0.6) is 0 Å². The Kier molecular flexibility index (Phi) is 5.40. The van der Waals surface area contributed by atoms with E-state index in [0.717, 1.165) is 23.0 Å². The Bertz CT molecular complexity index is 1570. The van der Waals surface area contributed by atoms with Crippen LogP contribution in [0, 0.1) is 21.7 Å². The van der Waals surface area contributed by atoms with E-state index in [4.69, 9.17) is 0 Å². The second-order valence-electron chi connectivity index (χ2n) is 7.21. The monoisotopic (exact) mass is 578 g/mol. The number of hydrogen-bond donors (Lipinski definition) is 1. The molecule has 3 aromatic heterocycles. The quantitative estimate of drug-likeness (QED) is 0.148. The lowest BCUT2D eigenvalue weighted by Gasteiger charge is -2.09. The van der Waals surface area contributed by atoms with Gasteiger partial charge in [0, 0.05) is 83.4 Å². The molecule has 2 aromatic carbocycles. The number of nitro benzene ring substituents is 1. The molecule has 0 atom stereocenters. The molecule has 0 fully saturated rings. The van der Waals surface area contributed by atoms with Gasteiger partial charge in [-0.15, -0.1) is 0 Å². The van der Waals surface area contributed by atoms with Crippen LogP contribution < -0.4 is 5.32 Å². The van der Waals surface area contributed by atoms with Gasteiger partial charge in [-0.1, -0.05) is 0 Å². The van der Waals surface area contributed by atoms with Crippen molar-refractivity contribution in [3.05, 3.63) is 76.6 Å². The number of aryl methyl sites for hydroxylation is 1. The first-order valence-electron chi connectivity index (χ1n) is 9.50. The van der Waals surface area contributed by atoms with E-state index >= 15 is 0 Å². The Morgan fingerprint density at radius 1 is 1.12 bits per heavy atom. The van der Waals surface area contributed by atoms with Crippen molar-refractivity contribution >= 4 is 69.6 Å². The first-order chi connectivity index (χ1) is 15.9. The molecule has 0 unspecified atom stereocenters. The number of benzene rings is 2. The zero-order valence-electron chi connectivity index (χ0n) is 16.8. The molecule has 12 heteroatoms. The fourth-order valence-electron chi connectivity index (χ4n) is 3.72. The molecular formula is C21H13F2IN6O2S. The molecule has 33 heavy (non-hydrogen) atoms. The van der Waals surface area contributed by atoms with Crippen LogP contribution in [0.25, 0.3) is 33.2 Å². The summed E-state index contributed by atoms with van der Waals surface area (Å²) in [5.74, 6) is -1.13. The van der Waals surface area contributed by atoms with Gasteiger partial charge in [-0.05, 0) is 36.4 Å². The first kappa shape index (κ1) is 21.6. The number of fused-ring (bicyclic) bond motifs is 2. The minimum absolute atomic E-state index is 0.164. The van der Waals surface area contributed by atoms with Crippen molar-refractivity contribution in [3.63, 3.8) is 0 Å². The molecule has 5 aromatic rings. The second-order valence-corrected chi connectivity index (χ2v) is 8.92. The summed E-state index contributed by atoms with van der Waals surface area (Å²) < 4.78 is 31.5. The van der Waals surface area contributed by atoms with Crippen LogP contribution in [0.2, 0.25) is 0 Å². The summed E-state index contributed by atoms with van der Waals surface area (Å²) >= 11 is 2.13. The van der Waals surface area contributed by atoms with Gasteiger partial charge in [-0.2, -0.15) is 9.37 Å². The first-order valence-corrected chi connectivity index (χ1v) is 12.8. The maximum atomic E-state index is 14.1. The minimum atomic E-state index is -0.935. The van der Waals surface area contributed by atoms with Gasteiger partial charge in [-0.25, -0.2) is 9.37 Å². The van der Waals surface area contributed by atoms with E-state index < -0.39 is 16.4 Å². The van der Waals surface area contributed by atoms with Crippen molar-refractivity contribution < 1.29 is 13.7 Å². The Morgan fingerprint density at radius 2 is 1.94 bits per heavy atom. The highest BCUT2D eigenvalue weighted by atomic mass is 127. The van der Waals surface area contributed by atoms with Crippen LogP contribution in [-0.2, 0) is 7.05 Å². The van der Waals surface area contributed by atoms with Gasteiger partial charge in [0.1, 0.15) is 5.82 Å². The third-order valence-electron chi connectivity index (χ3n) is 5.19. The Hall–Kier alpha value is -3.26. The number of rotatable bonds is 5. The van der Waals surface area contributed by atoms with Gasteiger partial charge < -0.3 is 9.88 Å². The molecule has 0 aliphatic carbocycles. The number of nitrogens with one attached hydrogen (secondary N) is 1. The van der Waals surface area contributed by atoms with E-state index in [0.29, 0.717) is 22.3 Å². The predicted molar refractivity (Wildman–Crippen MR) is 133 cm³/mol. The Labute approximate surface area is 201 Å². The molecular weight excluding hydrogens is 565 g/mol. The number of anilines is 2. The number of aromatic nitrogens is 4. The molecule has 0 radical (unpaired) electrons. The normalized spacial score (nSPS) is 11.4. The molecule has 0 saturated carbocycles. The average Bonchev–Trinajstić information content (AvgIpc) is 3.34. The van der Waals surface area contributed by atoms with Gasteiger partial charge in [0.2, 0.25) is 11.8 Å². The van der Waals surface area contributed by atoms with Crippen molar-refractivity contribution in [2.45, 2.75) is 0 Å². The van der Waals surface area contributed by atoms with Crippen LogP contribution in [0.3, 0.4) is 0 Å². The number of nitrogens with zero attached hydrogens (tertiary/aromatic N) is 5. The molecule has 3 heterocycles. The fourth-order valence-corrected chi connectivity index (χ4v) is 4.99. The summed E-state index contributed by atoms with van der Waals surface area (Å²) in [6.07, 6.45) is 3.71. The SMILES string of the molecule is Cn1cc(-c2nc(Nc3ccc(F)c([N+](=O)[O-])c3)nc3c2ccn3SI)c2cc(F)ccc21. The summed E-state index contributed by atoms with van der Waals surface area (Å²) in [5.41, 5.74) is 2.33. The van der Waals surface area contributed by atoms with Crippen molar-refractivity contribution in [1.82, 2.24) is 18.5 Å². The predicted octanol–water partition coefficient (Wildman–Crippen LogP) is 6.37. The third kappa shape index (κ3) is 3.78. The van der Waals surface area contributed by atoms with Crippen LogP contribution in [-0.4, -0.2) is 23.4 Å². The summed E-state index contributed by atoms with van der Waals surface area (Å²) in [7, 11) is 3.27. The second kappa shape index (κ2) is 8.26. The lowest BCUT2D eigenvalue weighted by molar-refractivity contribution is -0.387. The summed E-state index contributed by atoms with van der Waals surface area (Å²) in [5, 5.41) is 15.5. The Balaban J connectivity index is 1.71. The molecule has 166 valence electrons. The maximum Gasteiger partial charge on any atom is 0.306 e. The molecule has 1 N–H and O–H groups in total. The zero-order valence-corrected chi connectivity index (χ0v) is 19.8. The van der Waals surface area contributed by atoms with Crippen LogP contribution in [0.4, 0.5) is 26.1 Å². The molecule has 8 nitrogen and oxygen atoms in total. The van der Waals surface area contributed by atoms with E-state index in [1.54, 1.807) is 6.07 Å². The third-order valence-corrected chi connectivity index (χ3v) is 6.91. The zero-order chi connectivity index (χ0) is 23.3. The highest BCUT2D eigenvalue weighted by Gasteiger charge is 2.19. The van der Waals surface area contributed by atoms with Gasteiger partial charge in [0.15, 0.2) is 5.65 Å². The largest absolute Gasteiger partial charge is 0.350 e. The summed E-state index contributed by atoms with van der Waals surface area (Å²) in [6.45, 7) is 0. The van der Waals surface area contributed by atoms with Crippen LogP contribution in [0.1, 0.15) is 0 Å². The van der Waals surface area contributed by atoms with Gasteiger partial charge in [0.25, 0.3) is 0 Å². The van der Waals surface area contributed by atoms with Gasteiger partial charge in [-0.3, -0.25) is 14.1 Å². The van der Waals surface area contributed by atoms with Crippen molar-refractivity contribution in [2.75, 3.05) is 5.32 Å². The standard InChI is InChI=1S/C21H13F2IN6O2S/c1-28-10-15(14-8-11(22)2-5-17(14)28)19-13-6-7-29(33-24)20(13)27-21(26-19)25-12-3-4-16(23)18(9-12)30(31)32/h2-10H,1H3,(H,25,26,27). The number of halogens is 3. The number of hydrogen-bond acceptors (Lipinski definition) is 6. The topological polar surface area (TPSA) is 90.8 Å². The Morgan fingerprint density at radius 3 is 2.70 bits per heavy atom. The minimum Gasteiger partial charge on any atom is -0.350 e. The summed E-state index contributed by atoms with van der Waals surface area (Å²) in [6, 6.07) is 9.91. The van der Waals surface area contributed by atoms with Crippen molar-refractivity contribution in [2.24, 2.45) is 7.05 Å². The molecule has 0 aliphatic heterocycles. The van der Waals surface area contributed by atoms with E-state index in [1.807, 2.05) is 34.0 Å². The molecule has 0 bridgehead atoms. The average molecular weight is 578 g/mol. The van der Waals surface area contributed by atoms with Crippen molar-refractivity contribution in [1.29, 1.82) is 0 Å². The molecule has 0 spiro atoms. The summed E-state index contributed by atoms with van der Waals surface area (Å²) in [4.78, 5) is 19.5. The van der Waals surface area contributed by atoms with E-state index in [1.165, 1.54) is 27.3 Å². The fraction of sp³-hybridized carbons (Fsp3) is 0.0476. The smallest absolute Gasteiger partial charge is 0.306 e.